The van der Waals surface area contributed by atoms with Crippen LogP contribution in [-0.4, -0.2) is 46.1 Å². The number of amides is 1. The van der Waals surface area contributed by atoms with E-state index >= 15 is 0 Å². The van der Waals surface area contributed by atoms with Crippen molar-refractivity contribution in [3.63, 3.8) is 0 Å². The Balaban J connectivity index is 1.22. The first-order valence-corrected chi connectivity index (χ1v) is 10.2. The van der Waals surface area contributed by atoms with Crippen molar-refractivity contribution in [1.29, 1.82) is 0 Å². The molecule has 2 saturated carbocycles. The number of nitrogens with zero attached hydrogens (tertiary/aromatic N) is 3. The normalized spacial score (nSPS) is 27.5. The lowest BCUT2D eigenvalue weighted by atomic mass is 9.93. The van der Waals surface area contributed by atoms with Crippen LogP contribution >= 0.6 is 0 Å². The summed E-state index contributed by atoms with van der Waals surface area (Å²) >= 11 is 0. The predicted octanol–water partition coefficient (Wildman–Crippen LogP) is 3.79. The van der Waals surface area contributed by atoms with E-state index in [2.05, 4.69) is 15.5 Å². The predicted molar refractivity (Wildman–Crippen MR) is 102 cm³/mol. The molecule has 1 aromatic carbocycles. The Morgan fingerprint density at radius 3 is 2.48 bits per heavy atom. The molecule has 3 atom stereocenters. The number of carbonyl (C=O) groups excluding carboxylic acids is 1. The van der Waals surface area contributed by atoms with Gasteiger partial charge < -0.3 is 14.6 Å². The Hall–Kier alpha value is -2.51. The lowest BCUT2D eigenvalue weighted by Crippen LogP contribution is -2.45. The molecule has 2 heterocycles. The number of rotatable bonds is 5. The van der Waals surface area contributed by atoms with Crippen LogP contribution in [0.1, 0.15) is 55.9 Å². The van der Waals surface area contributed by atoms with Gasteiger partial charge in [-0.15, -0.1) is 5.10 Å². The second kappa shape index (κ2) is 6.50. The Morgan fingerprint density at radius 1 is 1.14 bits per heavy atom. The van der Waals surface area contributed by atoms with E-state index in [1.165, 1.54) is 12.8 Å². The average Bonchev–Trinajstić information content (AvgIpc) is 3.53. The molecule has 1 aromatic heterocycles. The number of nitrogens with one attached hydrogen (secondary N) is 1. The number of hydrogen-bond donors (Lipinski definition) is 1. The fourth-order valence-electron chi connectivity index (χ4n) is 4.53. The van der Waals surface area contributed by atoms with Crippen molar-refractivity contribution in [2.45, 2.75) is 56.4 Å². The first kappa shape index (κ1) is 18.5. The largest absolute Gasteiger partial charge is 0.408 e. The quantitative estimate of drug-likeness (QED) is 0.824. The van der Waals surface area contributed by atoms with Gasteiger partial charge in [0.25, 0.3) is 5.92 Å². The standard InChI is InChI=1S/C21H24F2N4O2/c1-13(18(28)27-11-9-20(7-8-20)10-12-27)24-19-26-25-17(29-19)16-15(21(16,22)23)14-5-3-2-4-6-14/h2-6,13,15-16H,7-12H2,1H3,(H,24,26)/t13-,15+,16+/m1/s1. The number of aromatic nitrogens is 2. The number of halogens is 2. The Kier molecular flexibility index (Phi) is 4.15. The summed E-state index contributed by atoms with van der Waals surface area (Å²) in [7, 11) is 0. The van der Waals surface area contributed by atoms with Crippen molar-refractivity contribution in [2.24, 2.45) is 5.41 Å². The van der Waals surface area contributed by atoms with E-state index in [0.29, 0.717) is 11.0 Å². The Morgan fingerprint density at radius 2 is 1.83 bits per heavy atom. The Labute approximate surface area is 167 Å². The number of carbonyl (C=O) groups is 1. The minimum atomic E-state index is -2.92. The maximum absolute atomic E-state index is 14.3. The summed E-state index contributed by atoms with van der Waals surface area (Å²) in [4.78, 5) is 14.5. The minimum absolute atomic E-state index is 0.00559. The summed E-state index contributed by atoms with van der Waals surface area (Å²) in [6.07, 6.45) is 4.69. The molecule has 2 aromatic rings. The molecular weight excluding hydrogens is 378 g/mol. The summed E-state index contributed by atoms with van der Waals surface area (Å²) in [6.45, 7) is 3.27. The van der Waals surface area contributed by atoms with Gasteiger partial charge in [-0.3, -0.25) is 4.79 Å². The van der Waals surface area contributed by atoms with E-state index in [-0.39, 0.29) is 17.8 Å². The van der Waals surface area contributed by atoms with Crippen LogP contribution in [0.3, 0.4) is 0 Å². The molecule has 1 aliphatic heterocycles. The number of alkyl halides is 2. The van der Waals surface area contributed by atoms with Crippen LogP contribution in [0.15, 0.2) is 34.7 Å². The van der Waals surface area contributed by atoms with Gasteiger partial charge >= 0.3 is 6.01 Å². The smallest absolute Gasteiger partial charge is 0.316 e. The third-order valence-electron chi connectivity index (χ3n) is 6.72. The van der Waals surface area contributed by atoms with Crippen molar-refractivity contribution in [3.8, 4) is 0 Å². The number of anilines is 1. The molecule has 1 spiro atoms. The monoisotopic (exact) mass is 402 g/mol. The van der Waals surface area contributed by atoms with Gasteiger partial charge in [-0.05, 0) is 43.6 Å². The van der Waals surface area contributed by atoms with E-state index in [1.54, 1.807) is 37.3 Å². The molecule has 5 rings (SSSR count). The van der Waals surface area contributed by atoms with Crippen LogP contribution in [0.5, 0.6) is 0 Å². The Bertz CT molecular complexity index is 902. The molecule has 1 amide bonds. The number of benzene rings is 1. The van der Waals surface area contributed by atoms with Gasteiger partial charge in [0.05, 0.1) is 5.92 Å². The van der Waals surface area contributed by atoms with Crippen LogP contribution in [0.25, 0.3) is 0 Å². The van der Waals surface area contributed by atoms with Gasteiger partial charge in [0.15, 0.2) is 0 Å². The van der Waals surface area contributed by atoms with E-state index in [4.69, 9.17) is 4.42 Å². The van der Waals surface area contributed by atoms with Crippen molar-refractivity contribution in [1.82, 2.24) is 15.1 Å². The lowest BCUT2D eigenvalue weighted by molar-refractivity contribution is -0.133. The van der Waals surface area contributed by atoms with Gasteiger partial charge in [0.2, 0.25) is 11.8 Å². The van der Waals surface area contributed by atoms with Crippen LogP contribution in [0.4, 0.5) is 14.8 Å². The molecule has 1 N–H and O–H groups in total. The van der Waals surface area contributed by atoms with Gasteiger partial charge in [0, 0.05) is 13.1 Å². The summed E-state index contributed by atoms with van der Waals surface area (Å²) < 4.78 is 34.1. The number of hydrogen-bond acceptors (Lipinski definition) is 5. The van der Waals surface area contributed by atoms with Gasteiger partial charge in [0.1, 0.15) is 12.0 Å². The minimum Gasteiger partial charge on any atom is -0.408 e. The van der Waals surface area contributed by atoms with E-state index < -0.39 is 23.8 Å². The van der Waals surface area contributed by atoms with Gasteiger partial charge in [-0.2, -0.15) is 0 Å². The van der Waals surface area contributed by atoms with E-state index in [9.17, 15) is 13.6 Å². The van der Waals surface area contributed by atoms with Crippen molar-refractivity contribution < 1.29 is 18.0 Å². The highest BCUT2D eigenvalue weighted by atomic mass is 19.3. The fraction of sp³-hybridized carbons (Fsp3) is 0.571. The molecule has 3 fully saturated rings. The second-order valence-electron chi connectivity index (χ2n) is 8.68. The third kappa shape index (κ3) is 3.28. The van der Waals surface area contributed by atoms with Crippen molar-refractivity contribution in [2.75, 3.05) is 18.4 Å². The molecule has 6 nitrogen and oxygen atoms in total. The highest BCUT2D eigenvalue weighted by Crippen LogP contribution is 2.66. The van der Waals surface area contributed by atoms with Gasteiger partial charge in [-0.25, -0.2) is 8.78 Å². The molecule has 0 bridgehead atoms. The molecule has 29 heavy (non-hydrogen) atoms. The number of piperidine rings is 1. The lowest BCUT2D eigenvalue weighted by Gasteiger charge is -2.33. The first-order chi connectivity index (χ1) is 13.9. The maximum Gasteiger partial charge on any atom is 0.316 e. The highest BCUT2D eigenvalue weighted by molar-refractivity contribution is 5.83. The SMILES string of the molecule is C[C@@H](Nc1nnc([C@@H]2[C@H](c3ccccc3)C2(F)F)o1)C(=O)N1CCC2(CC1)CC2. The van der Waals surface area contributed by atoms with Crippen LogP contribution < -0.4 is 5.32 Å². The van der Waals surface area contributed by atoms with Crippen LogP contribution in [0.2, 0.25) is 0 Å². The topological polar surface area (TPSA) is 71.3 Å². The summed E-state index contributed by atoms with van der Waals surface area (Å²) in [6, 6.07) is 8.07. The maximum atomic E-state index is 14.3. The molecule has 3 aliphatic rings. The van der Waals surface area contributed by atoms with Crippen LogP contribution in [0, 0.1) is 5.41 Å². The fourth-order valence-corrected chi connectivity index (χ4v) is 4.53. The highest BCUT2D eigenvalue weighted by Gasteiger charge is 2.72. The zero-order chi connectivity index (χ0) is 20.2. The summed E-state index contributed by atoms with van der Waals surface area (Å²) in [5.74, 6) is -5.13. The third-order valence-corrected chi connectivity index (χ3v) is 6.72. The van der Waals surface area contributed by atoms with Crippen molar-refractivity contribution >= 4 is 11.9 Å². The van der Waals surface area contributed by atoms with Crippen molar-refractivity contribution in [3.05, 3.63) is 41.8 Å². The molecular formula is C21H24F2N4O2. The molecule has 2 aliphatic carbocycles. The average molecular weight is 402 g/mol. The molecule has 0 unspecified atom stereocenters. The van der Waals surface area contributed by atoms with E-state index in [0.717, 1.165) is 25.9 Å². The zero-order valence-electron chi connectivity index (χ0n) is 16.3. The molecule has 1 saturated heterocycles. The molecule has 8 heteroatoms. The van der Waals surface area contributed by atoms with Gasteiger partial charge in [-0.1, -0.05) is 35.4 Å². The molecule has 154 valence electrons. The van der Waals surface area contributed by atoms with E-state index in [1.807, 2.05) is 4.90 Å². The summed E-state index contributed by atoms with van der Waals surface area (Å²) in [5.41, 5.74) is 1.05. The summed E-state index contributed by atoms with van der Waals surface area (Å²) in [5, 5.41) is 10.5. The molecule has 0 radical (unpaired) electrons. The van der Waals surface area contributed by atoms with Crippen LogP contribution in [-0.2, 0) is 4.79 Å². The number of likely N-dealkylation sites (tertiary alicyclic amines) is 1. The second-order valence-corrected chi connectivity index (χ2v) is 8.68. The zero-order valence-corrected chi connectivity index (χ0v) is 16.3. The first-order valence-electron chi connectivity index (χ1n) is 10.2.